The third-order valence-corrected chi connectivity index (χ3v) is 1.94. The molecule has 0 radical (unpaired) electrons. The van der Waals surface area contributed by atoms with E-state index in [9.17, 15) is 0 Å². The summed E-state index contributed by atoms with van der Waals surface area (Å²) in [7, 11) is 0. The van der Waals surface area contributed by atoms with E-state index in [0.29, 0.717) is 17.6 Å². The van der Waals surface area contributed by atoms with Gasteiger partial charge in [-0.15, -0.1) is 0 Å². The zero-order valence-corrected chi connectivity index (χ0v) is 8.42. The van der Waals surface area contributed by atoms with Gasteiger partial charge in [0, 0.05) is 12.7 Å². The molecular weight excluding hydrogens is 192 g/mol. The summed E-state index contributed by atoms with van der Waals surface area (Å²) in [4.78, 5) is 8.02. The molecule has 78 valence electrons. The van der Waals surface area contributed by atoms with Gasteiger partial charge >= 0.3 is 6.01 Å². The molecule has 0 aliphatic heterocycles. The summed E-state index contributed by atoms with van der Waals surface area (Å²) >= 11 is 0. The predicted octanol–water partition coefficient (Wildman–Crippen LogP) is 1.67. The lowest BCUT2D eigenvalue weighted by atomic mass is 10.5. The number of aryl methyl sites for hydroxylation is 1. The molecule has 0 amide bonds. The van der Waals surface area contributed by atoms with Crippen LogP contribution in [0.4, 0.5) is 5.82 Å². The second-order valence-corrected chi connectivity index (χ2v) is 3.03. The Labute approximate surface area is 87.5 Å². The number of anilines is 1. The first-order valence-corrected chi connectivity index (χ1v) is 4.70. The van der Waals surface area contributed by atoms with E-state index >= 15 is 0 Å². The van der Waals surface area contributed by atoms with Crippen LogP contribution in [0.3, 0.4) is 0 Å². The SMILES string of the molecule is CCn1cc(N)nc1Oc1cccnc1. The van der Waals surface area contributed by atoms with Gasteiger partial charge in [-0.1, -0.05) is 0 Å². The number of pyridine rings is 1. The van der Waals surface area contributed by atoms with Crippen molar-refractivity contribution in [2.45, 2.75) is 13.5 Å². The summed E-state index contributed by atoms with van der Waals surface area (Å²) in [5.74, 6) is 1.11. The molecule has 2 aromatic heterocycles. The largest absolute Gasteiger partial charge is 0.424 e. The molecule has 2 rings (SSSR count). The molecule has 5 heteroatoms. The highest BCUT2D eigenvalue weighted by Crippen LogP contribution is 2.20. The average molecular weight is 204 g/mol. The van der Waals surface area contributed by atoms with Gasteiger partial charge in [-0.2, -0.15) is 4.98 Å². The highest BCUT2D eigenvalue weighted by atomic mass is 16.5. The molecule has 0 aliphatic carbocycles. The molecule has 2 N–H and O–H groups in total. The molecule has 0 saturated heterocycles. The van der Waals surface area contributed by atoms with Crippen molar-refractivity contribution in [1.82, 2.24) is 14.5 Å². The maximum atomic E-state index is 5.58. The van der Waals surface area contributed by atoms with Crippen LogP contribution in [0.15, 0.2) is 30.7 Å². The second kappa shape index (κ2) is 4.00. The molecule has 2 heterocycles. The van der Waals surface area contributed by atoms with Crippen LogP contribution in [-0.2, 0) is 6.54 Å². The van der Waals surface area contributed by atoms with Gasteiger partial charge in [0.25, 0.3) is 0 Å². The standard InChI is InChI=1S/C10H12N4O/c1-2-14-7-9(11)13-10(14)15-8-4-3-5-12-6-8/h3-7H,2,11H2,1H3. The van der Waals surface area contributed by atoms with Crippen LogP contribution >= 0.6 is 0 Å². The van der Waals surface area contributed by atoms with Gasteiger partial charge in [0.1, 0.15) is 11.6 Å². The number of rotatable bonds is 3. The van der Waals surface area contributed by atoms with Crippen molar-refractivity contribution in [3.05, 3.63) is 30.7 Å². The topological polar surface area (TPSA) is 66.0 Å². The number of hydrogen-bond acceptors (Lipinski definition) is 4. The van der Waals surface area contributed by atoms with Gasteiger partial charge in [-0.3, -0.25) is 9.55 Å². The Morgan fingerprint density at radius 1 is 1.53 bits per heavy atom. The molecule has 0 fully saturated rings. The number of hydrogen-bond donors (Lipinski definition) is 1. The lowest BCUT2D eigenvalue weighted by Crippen LogP contribution is -1.97. The van der Waals surface area contributed by atoms with Crippen LogP contribution in [0, 0.1) is 0 Å². The van der Waals surface area contributed by atoms with E-state index in [4.69, 9.17) is 10.5 Å². The van der Waals surface area contributed by atoms with Crippen molar-refractivity contribution in [2.75, 3.05) is 5.73 Å². The lowest BCUT2D eigenvalue weighted by molar-refractivity contribution is 0.414. The number of nitrogens with zero attached hydrogens (tertiary/aromatic N) is 3. The Balaban J connectivity index is 2.24. The van der Waals surface area contributed by atoms with E-state index in [-0.39, 0.29) is 0 Å². The Hall–Kier alpha value is -2.04. The fraction of sp³-hybridized carbons (Fsp3) is 0.200. The normalized spacial score (nSPS) is 10.2. The Kier molecular flexibility index (Phi) is 2.53. The molecule has 0 bridgehead atoms. The molecule has 0 aliphatic rings. The highest BCUT2D eigenvalue weighted by Gasteiger charge is 2.06. The quantitative estimate of drug-likeness (QED) is 0.825. The minimum absolute atomic E-state index is 0.454. The van der Waals surface area contributed by atoms with E-state index in [1.54, 1.807) is 24.7 Å². The summed E-state index contributed by atoms with van der Waals surface area (Å²) in [6.45, 7) is 2.76. The summed E-state index contributed by atoms with van der Waals surface area (Å²) in [5, 5.41) is 0. The minimum atomic E-state index is 0.454. The summed E-state index contributed by atoms with van der Waals surface area (Å²) < 4.78 is 7.37. The van der Waals surface area contributed by atoms with Gasteiger partial charge in [-0.05, 0) is 19.1 Å². The molecule has 0 saturated carbocycles. The first-order chi connectivity index (χ1) is 7.29. The van der Waals surface area contributed by atoms with Gasteiger partial charge < -0.3 is 10.5 Å². The first kappa shape index (κ1) is 9.51. The van der Waals surface area contributed by atoms with Crippen molar-refractivity contribution in [1.29, 1.82) is 0 Å². The number of nitrogens with two attached hydrogens (primary N) is 1. The fourth-order valence-corrected chi connectivity index (χ4v) is 1.24. The van der Waals surface area contributed by atoms with Crippen molar-refractivity contribution in [3.63, 3.8) is 0 Å². The summed E-state index contributed by atoms with van der Waals surface area (Å²) in [5.41, 5.74) is 5.58. The monoisotopic (exact) mass is 204 g/mol. The van der Waals surface area contributed by atoms with E-state index in [2.05, 4.69) is 9.97 Å². The average Bonchev–Trinajstić information content (AvgIpc) is 2.60. The van der Waals surface area contributed by atoms with Gasteiger partial charge in [0.2, 0.25) is 0 Å². The first-order valence-electron chi connectivity index (χ1n) is 4.70. The number of ether oxygens (including phenoxy) is 1. The lowest BCUT2D eigenvalue weighted by Gasteiger charge is -2.04. The molecule has 5 nitrogen and oxygen atoms in total. The second-order valence-electron chi connectivity index (χ2n) is 3.03. The number of nitrogen functional groups attached to an aromatic ring is 1. The molecule has 15 heavy (non-hydrogen) atoms. The van der Waals surface area contributed by atoms with E-state index in [1.807, 2.05) is 17.6 Å². The van der Waals surface area contributed by atoms with Crippen molar-refractivity contribution in [3.8, 4) is 11.8 Å². The molecule has 0 atom stereocenters. The van der Waals surface area contributed by atoms with Gasteiger partial charge in [-0.25, -0.2) is 0 Å². The van der Waals surface area contributed by atoms with Crippen LogP contribution in [0.25, 0.3) is 0 Å². The maximum Gasteiger partial charge on any atom is 0.303 e. The molecular formula is C10H12N4O. The van der Waals surface area contributed by atoms with E-state index < -0.39 is 0 Å². The van der Waals surface area contributed by atoms with Gasteiger partial charge in [0.05, 0.1) is 12.4 Å². The van der Waals surface area contributed by atoms with Crippen LogP contribution in [0.1, 0.15) is 6.92 Å². The van der Waals surface area contributed by atoms with Gasteiger partial charge in [0.15, 0.2) is 0 Å². The number of aromatic nitrogens is 3. The molecule has 2 aromatic rings. The van der Waals surface area contributed by atoms with Crippen LogP contribution in [-0.4, -0.2) is 14.5 Å². The third kappa shape index (κ3) is 2.07. The maximum absolute atomic E-state index is 5.58. The summed E-state index contributed by atoms with van der Waals surface area (Å²) in [6, 6.07) is 4.11. The molecule has 0 spiro atoms. The Bertz CT molecular complexity index is 438. The van der Waals surface area contributed by atoms with E-state index in [0.717, 1.165) is 6.54 Å². The van der Waals surface area contributed by atoms with Crippen LogP contribution in [0.2, 0.25) is 0 Å². The fourth-order valence-electron chi connectivity index (χ4n) is 1.24. The van der Waals surface area contributed by atoms with Crippen molar-refractivity contribution >= 4 is 5.82 Å². The zero-order valence-electron chi connectivity index (χ0n) is 8.42. The van der Waals surface area contributed by atoms with Crippen molar-refractivity contribution in [2.24, 2.45) is 0 Å². The number of imidazole rings is 1. The Morgan fingerprint density at radius 2 is 2.40 bits per heavy atom. The predicted molar refractivity (Wildman–Crippen MR) is 56.6 cm³/mol. The molecule has 0 aromatic carbocycles. The van der Waals surface area contributed by atoms with E-state index in [1.165, 1.54) is 0 Å². The van der Waals surface area contributed by atoms with Crippen molar-refractivity contribution < 1.29 is 4.74 Å². The van der Waals surface area contributed by atoms with Crippen LogP contribution < -0.4 is 10.5 Å². The van der Waals surface area contributed by atoms with Crippen LogP contribution in [0.5, 0.6) is 11.8 Å². The molecule has 0 unspecified atom stereocenters. The Morgan fingerprint density at radius 3 is 3.07 bits per heavy atom. The highest BCUT2D eigenvalue weighted by molar-refractivity contribution is 5.30. The minimum Gasteiger partial charge on any atom is -0.424 e. The smallest absolute Gasteiger partial charge is 0.303 e. The zero-order chi connectivity index (χ0) is 10.7. The third-order valence-electron chi connectivity index (χ3n) is 1.94. The summed E-state index contributed by atoms with van der Waals surface area (Å²) in [6.07, 6.45) is 5.06.